The highest BCUT2D eigenvalue weighted by Gasteiger charge is 2.16. The van der Waals surface area contributed by atoms with Crippen molar-refractivity contribution in [2.24, 2.45) is 0 Å². The van der Waals surface area contributed by atoms with E-state index in [9.17, 15) is 19.7 Å². The van der Waals surface area contributed by atoms with Crippen LogP contribution in [-0.2, 0) is 9.53 Å². The van der Waals surface area contributed by atoms with Gasteiger partial charge in [0.15, 0.2) is 0 Å². The Kier molecular flexibility index (Phi) is 7.56. The molecule has 0 aliphatic rings. The number of amides is 1. The molecule has 1 aromatic rings. The Morgan fingerprint density at radius 3 is 2.65 bits per heavy atom. The minimum absolute atomic E-state index is 0. The summed E-state index contributed by atoms with van der Waals surface area (Å²) in [5.41, 5.74) is -0.328. The van der Waals surface area contributed by atoms with Crippen LogP contribution in [0.25, 0.3) is 0 Å². The molecular formula is C11H12Cl2N2O5. The van der Waals surface area contributed by atoms with E-state index in [-0.39, 0.29) is 41.8 Å². The molecule has 1 amide bonds. The summed E-state index contributed by atoms with van der Waals surface area (Å²) in [6.45, 7) is 1.55. The first-order chi connectivity index (χ1) is 8.95. The van der Waals surface area contributed by atoms with E-state index in [1.54, 1.807) is 6.92 Å². The van der Waals surface area contributed by atoms with Crippen molar-refractivity contribution in [1.82, 2.24) is 5.32 Å². The lowest BCUT2D eigenvalue weighted by molar-refractivity contribution is -0.384. The van der Waals surface area contributed by atoms with E-state index in [4.69, 9.17) is 11.6 Å². The van der Waals surface area contributed by atoms with Gasteiger partial charge in [-0.25, -0.2) is 0 Å². The second kappa shape index (κ2) is 8.34. The summed E-state index contributed by atoms with van der Waals surface area (Å²) >= 11 is 5.62. The molecule has 9 heteroatoms. The summed E-state index contributed by atoms with van der Waals surface area (Å²) in [7, 11) is 0. The number of nitrogens with zero attached hydrogens (tertiary/aromatic N) is 1. The molecule has 0 atom stereocenters. The summed E-state index contributed by atoms with van der Waals surface area (Å²) in [5, 5.41) is 12.9. The van der Waals surface area contributed by atoms with Crippen LogP contribution in [0.2, 0.25) is 5.02 Å². The highest BCUT2D eigenvalue weighted by Crippen LogP contribution is 2.24. The molecule has 1 N–H and O–H groups in total. The monoisotopic (exact) mass is 322 g/mol. The van der Waals surface area contributed by atoms with Crippen molar-refractivity contribution in [3.63, 3.8) is 0 Å². The summed E-state index contributed by atoms with van der Waals surface area (Å²) in [4.78, 5) is 32.7. The standard InChI is InChI=1S/C11H11ClN2O5.ClH/c1-2-19-10(15)6-13-11(16)7-3-4-8(12)9(5-7)14(17)18;/h3-5H,2,6H2,1H3,(H,13,16);1H. The third kappa shape index (κ3) is 5.02. The van der Waals surface area contributed by atoms with Crippen LogP contribution in [0, 0.1) is 10.1 Å². The Hall–Kier alpha value is -1.86. The first-order valence-corrected chi connectivity index (χ1v) is 5.71. The fraction of sp³-hybridized carbons (Fsp3) is 0.273. The Morgan fingerprint density at radius 2 is 2.10 bits per heavy atom. The zero-order valence-corrected chi connectivity index (χ0v) is 12.0. The number of nitro groups is 1. The van der Waals surface area contributed by atoms with Crippen molar-refractivity contribution in [2.45, 2.75) is 6.92 Å². The second-order valence-corrected chi connectivity index (χ2v) is 3.82. The third-order valence-corrected chi connectivity index (χ3v) is 2.42. The number of nitrogens with one attached hydrogen (secondary N) is 1. The van der Waals surface area contributed by atoms with Crippen LogP contribution >= 0.6 is 24.0 Å². The lowest BCUT2D eigenvalue weighted by atomic mass is 10.2. The highest BCUT2D eigenvalue weighted by atomic mass is 35.5. The fourth-order valence-corrected chi connectivity index (χ4v) is 1.45. The number of rotatable bonds is 5. The average Bonchev–Trinajstić information content (AvgIpc) is 2.36. The molecule has 0 saturated heterocycles. The molecule has 0 heterocycles. The van der Waals surface area contributed by atoms with E-state index in [0.717, 1.165) is 6.07 Å². The van der Waals surface area contributed by atoms with Gasteiger partial charge in [0.1, 0.15) is 11.6 Å². The van der Waals surface area contributed by atoms with Gasteiger partial charge in [-0.3, -0.25) is 19.7 Å². The fourth-order valence-electron chi connectivity index (χ4n) is 1.26. The zero-order valence-electron chi connectivity index (χ0n) is 10.4. The van der Waals surface area contributed by atoms with Crippen LogP contribution in [0.5, 0.6) is 0 Å². The van der Waals surface area contributed by atoms with Gasteiger partial charge >= 0.3 is 5.97 Å². The zero-order chi connectivity index (χ0) is 14.4. The van der Waals surface area contributed by atoms with Crippen LogP contribution in [0.4, 0.5) is 5.69 Å². The van der Waals surface area contributed by atoms with E-state index in [1.165, 1.54) is 12.1 Å². The smallest absolute Gasteiger partial charge is 0.325 e. The SMILES string of the molecule is CCOC(=O)CNC(=O)c1ccc(Cl)c([N+](=O)[O-])c1.Cl. The molecule has 0 unspecified atom stereocenters. The van der Waals surface area contributed by atoms with Gasteiger partial charge < -0.3 is 10.1 Å². The molecule has 1 aromatic carbocycles. The quantitative estimate of drug-likeness (QED) is 0.507. The molecule has 0 fully saturated rings. The number of carbonyl (C=O) groups excluding carboxylic acids is 2. The van der Waals surface area contributed by atoms with Gasteiger partial charge in [0, 0.05) is 11.6 Å². The molecule has 1 rings (SSSR count). The Balaban J connectivity index is 0.00000361. The lowest BCUT2D eigenvalue weighted by Crippen LogP contribution is -2.30. The van der Waals surface area contributed by atoms with Crippen molar-refractivity contribution >= 4 is 41.6 Å². The number of benzene rings is 1. The molecule has 0 saturated carbocycles. The molecule has 0 bridgehead atoms. The molecule has 0 radical (unpaired) electrons. The number of nitro benzene ring substituents is 1. The molecule has 0 aliphatic carbocycles. The maximum atomic E-state index is 11.7. The van der Waals surface area contributed by atoms with Crippen molar-refractivity contribution < 1.29 is 19.2 Å². The highest BCUT2D eigenvalue weighted by molar-refractivity contribution is 6.32. The number of ether oxygens (including phenoxy) is 1. The summed E-state index contributed by atoms with van der Waals surface area (Å²) < 4.78 is 4.63. The number of esters is 1. The average molecular weight is 323 g/mol. The molecule has 0 aromatic heterocycles. The Morgan fingerprint density at radius 1 is 1.45 bits per heavy atom. The minimum atomic E-state index is -0.690. The van der Waals surface area contributed by atoms with Crippen molar-refractivity contribution in [3.8, 4) is 0 Å². The van der Waals surface area contributed by atoms with Gasteiger partial charge in [-0.15, -0.1) is 12.4 Å². The summed E-state index contributed by atoms with van der Waals surface area (Å²) in [6, 6.07) is 3.62. The van der Waals surface area contributed by atoms with E-state index >= 15 is 0 Å². The lowest BCUT2D eigenvalue weighted by Gasteiger charge is -2.05. The van der Waals surface area contributed by atoms with Crippen LogP contribution in [-0.4, -0.2) is 30.0 Å². The van der Waals surface area contributed by atoms with Crippen LogP contribution in [0.15, 0.2) is 18.2 Å². The topological polar surface area (TPSA) is 98.5 Å². The minimum Gasteiger partial charge on any atom is -0.465 e. The maximum Gasteiger partial charge on any atom is 0.325 e. The molecular weight excluding hydrogens is 311 g/mol. The van der Waals surface area contributed by atoms with E-state index in [1.807, 2.05) is 0 Å². The first-order valence-electron chi connectivity index (χ1n) is 5.33. The molecule has 0 aliphatic heterocycles. The second-order valence-electron chi connectivity index (χ2n) is 3.41. The third-order valence-electron chi connectivity index (χ3n) is 2.10. The predicted octanol–water partition coefficient (Wildman–Crippen LogP) is 1.96. The van der Waals surface area contributed by atoms with E-state index in [2.05, 4.69) is 10.1 Å². The Bertz CT molecular complexity index is 522. The summed E-state index contributed by atoms with van der Waals surface area (Å²) in [5.74, 6) is -1.20. The normalized spacial score (nSPS) is 9.30. The van der Waals surface area contributed by atoms with E-state index < -0.39 is 16.8 Å². The first kappa shape index (κ1) is 18.1. The molecule has 7 nitrogen and oxygen atoms in total. The number of halogens is 2. The molecule has 0 spiro atoms. The van der Waals surface area contributed by atoms with Crippen LogP contribution in [0.3, 0.4) is 0 Å². The van der Waals surface area contributed by atoms with Gasteiger partial charge in [-0.05, 0) is 19.1 Å². The van der Waals surface area contributed by atoms with Crippen molar-refractivity contribution in [3.05, 3.63) is 38.9 Å². The van der Waals surface area contributed by atoms with Gasteiger partial charge in [-0.1, -0.05) is 11.6 Å². The number of hydrogen-bond donors (Lipinski definition) is 1. The molecule has 110 valence electrons. The predicted molar refractivity (Wildman–Crippen MR) is 74.3 cm³/mol. The summed E-state index contributed by atoms with van der Waals surface area (Å²) in [6.07, 6.45) is 0. The van der Waals surface area contributed by atoms with Crippen LogP contribution < -0.4 is 5.32 Å². The largest absolute Gasteiger partial charge is 0.465 e. The van der Waals surface area contributed by atoms with Crippen LogP contribution in [0.1, 0.15) is 17.3 Å². The maximum absolute atomic E-state index is 11.7. The van der Waals surface area contributed by atoms with Gasteiger partial charge in [0.25, 0.3) is 11.6 Å². The number of hydrogen-bond acceptors (Lipinski definition) is 5. The van der Waals surface area contributed by atoms with Gasteiger partial charge in [-0.2, -0.15) is 0 Å². The van der Waals surface area contributed by atoms with Crippen molar-refractivity contribution in [2.75, 3.05) is 13.2 Å². The number of carbonyl (C=O) groups is 2. The van der Waals surface area contributed by atoms with Gasteiger partial charge in [0.2, 0.25) is 0 Å². The van der Waals surface area contributed by atoms with Gasteiger partial charge in [0.05, 0.1) is 11.5 Å². The molecule has 20 heavy (non-hydrogen) atoms. The Labute approximate surface area is 125 Å². The van der Waals surface area contributed by atoms with Crippen molar-refractivity contribution in [1.29, 1.82) is 0 Å². The van der Waals surface area contributed by atoms with E-state index in [0.29, 0.717) is 0 Å².